The van der Waals surface area contributed by atoms with Crippen molar-refractivity contribution in [2.45, 2.75) is 33.0 Å². The van der Waals surface area contributed by atoms with E-state index in [4.69, 9.17) is 25.3 Å². The van der Waals surface area contributed by atoms with Crippen LogP contribution in [0.4, 0.5) is 0 Å². The lowest BCUT2D eigenvalue weighted by Crippen LogP contribution is -2.38. The van der Waals surface area contributed by atoms with Crippen LogP contribution >= 0.6 is 11.6 Å². The number of aldehydes is 1. The van der Waals surface area contributed by atoms with Crippen molar-refractivity contribution in [2.75, 3.05) is 25.3 Å². The van der Waals surface area contributed by atoms with Gasteiger partial charge in [-0.1, -0.05) is 26.0 Å². The first-order chi connectivity index (χ1) is 11.7. The number of rotatable bonds is 12. The van der Waals surface area contributed by atoms with Crippen molar-refractivity contribution < 1.29 is 26.9 Å². The van der Waals surface area contributed by atoms with E-state index in [1.807, 2.05) is 12.1 Å². The molecule has 0 spiro atoms. The first kappa shape index (κ1) is 21.9. The standard InChI is InChI=1S/C17H25ClO6S/c1-17(2,13-24-25(20,21)10-4-9-18)16(11-19)23-12-14-5-7-15(22-3)8-6-14/h5-8,11,16H,4,9-10,12-13H2,1-3H3. The second-order valence-electron chi connectivity index (χ2n) is 6.27. The zero-order valence-corrected chi connectivity index (χ0v) is 16.3. The van der Waals surface area contributed by atoms with Crippen molar-refractivity contribution in [3.63, 3.8) is 0 Å². The van der Waals surface area contributed by atoms with Gasteiger partial charge in [0.15, 0.2) is 0 Å². The van der Waals surface area contributed by atoms with Gasteiger partial charge in [-0.05, 0) is 24.1 Å². The highest BCUT2D eigenvalue weighted by molar-refractivity contribution is 7.86. The van der Waals surface area contributed by atoms with Crippen LogP contribution in [0.3, 0.4) is 0 Å². The third kappa shape index (κ3) is 7.73. The molecule has 0 N–H and O–H groups in total. The van der Waals surface area contributed by atoms with Gasteiger partial charge in [-0.2, -0.15) is 8.42 Å². The van der Waals surface area contributed by atoms with Gasteiger partial charge in [-0.3, -0.25) is 4.18 Å². The molecule has 0 aromatic heterocycles. The van der Waals surface area contributed by atoms with Gasteiger partial charge in [0.1, 0.15) is 18.1 Å². The minimum Gasteiger partial charge on any atom is -0.497 e. The summed E-state index contributed by atoms with van der Waals surface area (Å²) in [4.78, 5) is 11.4. The summed E-state index contributed by atoms with van der Waals surface area (Å²) in [5.74, 6) is 0.824. The minimum absolute atomic E-state index is 0.148. The van der Waals surface area contributed by atoms with Crippen LogP contribution < -0.4 is 4.74 Å². The second kappa shape index (κ2) is 10.1. The number of halogens is 1. The molecule has 1 rings (SSSR count). The number of carbonyl (C=O) groups is 1. The van der Waals surface area contributed by atoms with Crippen molar-refractivity contribution in [1.29, 1.82) is 0 Å². The summed E-state index contributed by atoms with van der Waals surface area (Å²) < 4.78 is 39.3. The van der Waals surface area contributed by atoms with Crippen LogP contribution in [0.15, 0.2) is 24.3 Å². The lowest BCUT2D eigenvalue weighted by molar-refractivity contribution is -0.129. The molecule has 0 aliphatic heterocycles. The maximum absolute atomic E-state index is 11.8. The van der Waals surface area contributed by atoms with Gasteiger partial charge in [-0.25, -0.2) is 0 Å². The van der Waals surface area contributed by atoms with Crippen molar-refractivity contribution in [3.05, 3.63) is 29.8 Å². The van der Waals surface area contributed by atoms with Gasteiger partial charge >= 0.3 is 0 Å². The van der Waals surface area contributed by atoms with Crippen LogP contribution in [0.1, 0.15) is 25.8 Å². The van der Waals surface area contributed by atoms with Crippen LogP contribution in [0.2, 0.25) is 0 Å². The Bertz CT molecular complexity index is 627. The number of alkyl halides is 1. The highest BCUT2D eigenvalue weighted by atomic mass is 35.5. The average Bonchev–Trinajstić information content (AvgIpc) is 2.59. The van der Waals surface area contributed by atoms with Crippen LogP contribution in [-0.4, -0.2) is 46.2 Å². The Hall–Kier alpha value is -1.15. The van der Waals surface area contributed by atoms with Gasteiger partial charge < -0.3 is 14.3 Å². The molecule has 25 heavy (non-hydrogen) atoms. The highest BCUT2D eigenvalue weighted by Crippen LogP contribution is 2.25. The molecule has 1 atom stereocenters. The summed E-state index contributed by atoms with van der Waals surface area (Å²) in [5.41, 5.74) is 0.0709. The number of benzene rings is 1. The predicted octanol–water partition coefficient (Wildman–Crippen LogP) is 2.78. The lowest BCUT2D eigenvalue weighted by atomic mass is 9.88. The van der Waals surface area contributed by atoms with E-state index >= 15 is 0 Å². The summed E-state index contributed by atoms with van der Waals surface area (Å²) in [5, 5.41) is 0. The Morgan fingerprint density at radius 2 is 1.88 bits per heavy atom. The summed E-state index contributed by atoms with van der Waals surface area (Å²) in [7, 11) is -2.08. The quantitative estimate of drug-likeness (QED) is 0.309. The van der Waals surface area contributed by atoms with E-state index in [0.717, 1.165) is 11.3 Å². The van der Waals surface area contributed by atoms with Gasteiger partial charge in [0, 0.05) is 11.3 Å². The van der Waals surface area contributed by atoms with E-state index in [-0.39, 0.29) is 24.8 Å². The molecule has 1 unspecified atom stereocenters. The zero-order valence-electron chi connectivity index (χ0n) is 14.7. The zero-order chi connectivity index (χ0) is 18.9. The first-order valence-electron chi connectivity index (χ1n) is 7.87. The fourth-order valence-electron chi connectivity index (χ4n) is 1.97. The molecule has 0 aliphatic carbocycles. The molecular weight excluding hydrogens is 368 g/mol. The van der Waals surface area contributed by atoms with Gasteiger partial charge in [0.25, 0.3) is 10.1 Å². The Balaban J connectivity index is 2.61. The molecule has 0 heterocycles. The fourth-order valence-corrected chi connectivity index (χ4v) is 3.36. The van der Waals surface area contributed by atoms with Crippen molar-refractivity contribution >= 4 is 28.0 Å². The van der Waals surface area contributed by atoms with Gasteiger partial charge in [0.2, 0.25) is 0 Å². The summed E-state index contributed by atoms with van der Waals surface area (Å²) in [6.45, 7) is 3.51. The number of methoxy groups -OCH3 is 1. The molecule has 1 aromatic rings. The Labute approximate surface area is 154 Å². The normalized spacial score (nSPS) is 13.4. The van der Waals surface area contributed by atoms with E-state index in [9.17, 15) is 13.2 Å². The van der Waals surface area contributed by atoms with E-state index in [1.54, 1.807) is 33.1 Å². The summed E-state index contributed by atoms with van der Waals surface area (Å²) in [6.07, 6.45) is 0.172. The number of hydrogen-bond donors (Lipinski definition) is 0. The topological polar surface area (TPSA) is 78.9 Å². The summed E-state index contributed by atoms with van der Waals surface area (Å²) >= 11 is 5.49. The predicted molar refractivity (Wildman–Crippen MR) is 96.5 cm³/mol. The molecule has 0 fully saturated rings. The molecule has 0 saturated heterocycles. The van der Waals surface area contributed by atoms with E-state index in [1.165, 1.54) is 0 Å². The number of carbonyl (C=O) groups excluding carboxylic acids is 1. The molecule has 1 aromatic carbocycles. The first-order valence-corrected chi connectivity index (χ1v) is 9.98. The fraction of sp³-hybridized carbons (Fsp3) is 0.588. The molecule has 142 valence electrons. The van der Waals surface area contributed by atoms with Gasteiger partial charge in [0.05, 0.1) is 26.1 Å². The third-order valence-corrected chi connectivity index (χ3v) is 5.15. The van der Waals surface area contributed by atoms with Crippen molar-refractivity contribution in [1.82, 2.24) is 0 Å². The molecule has 0 aliphatic rings. The molecule has 6 nitrogen and oxygen atoms in total. The van der Waals surface area contributed by atoms with E-state index < -0.39 is 21.6 Å². The van der Waals surface area contributed by atoms with E-state index in [0.29, 0.717) is 12.7 Å². The molecule has 0 saturated carbocycles. The number of ether oxygens (including phenoxy) is 2. The monoisotopic (exact) mass is 392 g/mol. The van der Waals surface area contributed by atoms with Crippen molar-refractivity contribution in [3.8, 4) is 5.75 Å². The molecule has 8 heteroatoms. The molecular formula is C17H25ClO6S. The third-order valence-electron chi connectivity index (χ3n) is 3.62. The largest absolute Gasteiger partial charge is 0.497 e. The smallest absolute Gasteiger partial charge is 0.267 e. The van der Waals surface area contributed by atoms with Crippen LogP contribution in [0.5, 0.6) is 5.75 Å². The molecule has 0 amide bonds. The highest BCUT2D eigenvalue weighted by Gasteiger charge is 2.32. The Kier molecular flexibility index (Phi) is 8.85. The molecule has 0 radical (unpaired) electrons. The summed E-state index contributed by atoms with van der Waals surface area (Å²) in [6, 6.07) is 7.26. The Morgan fingerprint density at radius 3 is 2.40 bits per heavy atom. The van der Waals surface area contributed by atoms with Gasteiger partial charge in [-0.15, -0.1) is 11.6 Å². The van der Waals surface area contributed by atoms with Crippen LogP contribution in [0, 0.1) is 5.41 Å². The van der Waals surface area contributed by atoms with Crippen molar-refractivity contribution in [2.24, 2.45) is 5.41 Å². The minimum atomic E-state index is -3.66. The Morgan fingerprint density at radius 1 is 1.24 bits per heavy atom. The SMILES string of the molecule is COc1ccc(COC(C=O)C(C)(C)COS(=O)(=O)CCCCl)cc1. The maximum Gasteiger partial charge on any atom is 0.267 e. The average molecular weight is 393 g/mol. The maximum atomic E-state index is 11.8. The van der Waals surface area contributed by atoms with Crippen LogP contribution in [0.25, 0.3) is 0 Å². The molecule has 0 bridgehead atoms. The van der Waals surface area contributed by atoms with Crippen LogP contribution in [-0.2, 0) is 30.4 Å². The second-order valence-corrected chi connectivity index (χ2v) is 8.41. The van der Waals surface area contributed by atoms with E-state index in [2.05, 4.69) is 0 Å². The number of hydrogen-bond acceptors (Lipinski definition) is 6. The lowest BCUT2D eigenvalue weighted by Gasteiger charge is -2.30.